The topological polar surface area (TPSA) is 72.8 Å². The molecule has 22 heavy (non-hydrogen) atoms. The molecule has 112 valence electrons. The van der Waals surface area contributed by atoms with Crippen molar-refractivity contribution >= 4 is 11.6 Å². The van der Waals surface area contributed by atoms with E-state index in [9.17, 15) is 14.7 Å². The van der Waals surface area contributed by atoms with Crippen LogP contribution in [-0.2, 0) is 5.60 Å². The molecule has 0 radical (unpaired) electrons. The predicted molar refractivity (Wildman–Crippen MR) is 78.5 cm³/mol. The third-order valence-electron chi connectivity index (χ3n) is 3.87. The SMILES string of the molecule is COc1ccc(C2(O)C(=O)c3ccccc3C2=O)c(OC)c1. The zero-order valence-electron chi connectivity index (χ0n) is 12.1. The molecule has 3 rings (SSSR count). The van der Waals surface area contributed by atoms with Gasteiger partial charge in [0.25, 0.3) is 0 Å². The fraction of sp³-hybridized carbons (Fsp3) is 0.176. The number of methoxy groups -OCH3 is 2. The van der Waals surface area contributed by atoms with Gasteiger partial charge in [0.05, 0.1) is 14.2 Å². The number of hydrogen-bond acceptors (Lipinski definition) is 5. The fourth-order valence-electron chi connectivity index (χ4n) is 2.71. The maximum Gasteiger partial charge on any atom is 0.220 e. The Morgan fingerprint density at radius 2 is 1.50 bits per heavy atom. The van der Waals surface area contributed by atoms with E-state index in [-0.39, 0.29) is 22.4 Å². The molecule has 2 aromatic carbocycles. The molecule has 0 saturated carbocycles. The second kappa shape index (κ2) is 4.96. The van der Waals surface area contributed by atoms with Crippen molar-refractivity contribution in [3.63, 3.8) is 0 Å². The average molecular weight is 298 g/mol. The zero-order valence-corrected chi connectivity index (χ0v) is 12.1. The summed E-state index contributed by atoms with van der Waals surface area (Å²) in [5, 5.41) is 10.9. The van der Waals surface area contributed by atoms with Crippen LogP contribution in [0.25, 0.3) is 0 Å². The van der Waals surface area contributed by atoms with Crippen molar-refractivity contribution in [1.82, 2.24) is 0 Å². The van der Waals surface area contributed by atoms with Crippen molar-refractivity contribution in [2.45, 2.75) is 5.60 Å². The lowest BCUT2D eigenvalue weighted by Gasteiger charge is -2.22. The lowest BCUT2D eigenvalue weighted by atomic mass is 9.88. The third kappa shape index (κ3) is 1.76. The molecule has 1 aliphatic rings. The molecular formula is C17H14O5. The molecule has 0 amide bonds. The van der Waals surface area contributed by atoms with E-state index in [1.165, 1.54) is 38.5 Å². The summed E-state index contributed by atoms with van der Waals surface area (Å²) in [4.78, 5) is 25.2. The Balaban J connectivity index is 2.21. The molecule has 0 fully saturated rings. The Hall–Kier alpha value is -2.66. The normalized spacial score (nSPS) is 15.6. The van der Waals surface area contributed by atoms with E-state index in [4.69, 9.17) is 9.47 Å². The first kappa shape index (κ1) is 14.3. The van der Waals surface area contributed by atoms with E-state index < -0.39 is 17.2 Å². The van der Waals surface area contributed by atoms with Crippen molar-refractivity contribution in [3.8, 4) is 11.5 Å². The summed E-state index contributed by atoms with van der Waals surface area (Å²) in [5.74, 6) is -0.566. The average Bonchev–Trinajstić information content (AvgIpc) is 2.77. The minimum absolute atomic E-state index is 0.113. The molecule has 0 heterocycles. The van der Waals surface area contributed by atoms with Crippen LogP contribution in [0.1, 0.15) is 26.3 Å². The molecule has 0 aromatic heterocycles. The van der Waals surface area contributed by atoms with Crippen LogP contribution in [-0.4, -0.2) is 30.9 Å². The van der Waals surface area contributed by atoms with Gasteiger partial charge in [-0.2, -0.15) is 0 Å². The second-order valence-electron chi connectivity index (χ2n) is 4.98. The van der Waals surface area contributed by atoms with Gasteiger partial charge in [0.15, 0.2) is 0 Å². The Labute approximate surface area is 127 Å². The number of benzene rings is 2. The van der Waals surface area contributed by atoms with Gasteiger partial charge >= 0.3 is 0 Å². The molecule has 0 unspecified atom stereocenters. The molecule has 1 aliphatic carbocycles. The number of carbonyl (C=O) groups is 2. The van der Waals surface area contributed by atoms with Crippen molar-refractivity contribution in [1.29, 1.82) is 0 Å². The predicted octanol–water partition coefficient (Wildman–Crippen LogP) is 1.97. The molecular weight excluding hydrogens is 284 g/mol. The van der Waals surface area contributed by atoms with Crippen LogP contribution in [0.15, 0.2) is 42.5 Å². The number of ketones is 2. The number of ether oxygens (including phenoxy) is 2. The van der Waals surface area contributed by atoms with Crippen LogP contribution in [0.5, 0.6) is 11.5 Å². The van der Waals surface area contributed by atoms with Gasteiger partial charge in [-0.15, -0.1) is 0 Å². The summed E-state index contributed by atoms with van der Waals surface area (Å²) in [6.45, 7) is 0. The molecule has 0 atom stereocenters. The summed E-state index contributed by atoms with van der Waals surface area (Å²) in [5.41, 5.74) is -1.72. The highest BCUT2D eigenvalue weighted by molar-refractivity contribution is 6.32. The van der Waals surface area contributed by atoms with Gasteiger partial charge in [0.2, 0.25) is 17.2 Å². The lowest BCUT2D eigenvalue weighted by molar-refractivity contribution is 0.0312. The number of rotatable bonds is 3. The number of hydrogen-bond donors (Lipinski definition) is 1. The summed E-state index contributed by atoms with van der Waals surface area (Å²) < 4.78 is 10.3. The molecule has 2 aromatic rings. The van der Waals surface area contributed by atoms with E-state index in [1.54, 1.807) is 18.2 Å². The minimum Gasteiger partial charge on any atom is -0.497 e. The smallest absolute Gasteiger partial charge is 0.220 e. The van der Waals surface area contributed by atoms with Crippen LogP contribution >= 0.6 is 0 Å². The van der Waals surface area contributed by atoms with Crippen LogP contribution in [0.2, 0.25) is 0 Å². The fourth-order valence-corrected chi connectivity index (χ4v) is 2.71. The molecule has 0 spiro atoms. The number of fused-ring (bicyclic) bond motifs is 1. The van der Waals surface area contributed by atoms with Gasteiger partial charge in [0, 0.05) is 22.8 Å². The first-order chi connectivity index (χ1) is 10.5. The standard InChI is InChI=1S/C17H14O5/c1-21-10-7-8-13(14(9-10)22-2)17(20)15(18)11-5-3-4-6-12(11)16(17)19/h3-9,20H,1-2H3. The van der Waals surface area contributed by atoms with Gasteiger partial charge < -0.3 is 14.6 Å². The molecule has 5 heteroatoms. The van der Waals surface area contributed by atoms with Crippen LogP contribution in [0, 0.1) is 0 Å². The van der Waals surface area contributed by atoms with Crippen molar-refractivity contribution in [2.24, 2.45) is 0 Å². The largest absolute Gasteiger partial charge is 0.497 e. The van der Waals surface area contributed by atoms with E-state index in [2.05, 4.69) is 0 Å². The van der Waals surface area contributed by atoms with Gasteiger partial charge in [-0.05, 0) is 12.1 Å². The highest BCUT2D eigenvalue weighted by atomic mass is 16.5. The maximum atomic E-state index is 12.6. The minimum atomic E-state index is -2.26. The monoisotopic (exact) mass is 298 g/mol. The maximum absolute atomic E-state index is 12.6. The highest BCUT2D eigenvalue weighted by Gasteiger charge is 2.54. The first-order valence-electron chi connectivity index (χ1n) is 6.67. The van der Waals surface area contributed by atoms with E-state index in [0.717, 1.165) is 0 Å². The van der Waals surface area contributed by atoms with Crippen molar-refractivity contribution in [3.05, 3.63) is 59.2 Å². The zero-order chi connectivity index (χ0) is 15.9. The number of Topliss-reactive ketones (excluding diaryl/α,β-unsaturated/α-hetero) is 2. The number of aliphatic hydroxyl groups is 1. The van der Waals surface area contributed by atoms with Crippen LogP contribution in [0.4, 0.5) is 0 Å². The third-order valence-corrected chi connectivity index (χ3v) is 3.87. The first-order valence-corrected chi connectivity index (χ1v) is 6.67. The van der Waals surface area contributed by atoms with Crippen LogP contribution in [0.3, 0.4) is 0 Å². The summed E-state index contributed by atoms with van der Waals surface area (Å²) in [6.07, 6.45) is 0. The molecule has 0 bridgehead atoms. The molecule has 0 saturated heterocycles. The van der Waals surface area contributed by atoms with Crippen molar-refractivity contribution < 1.29 is 24.2 Å². The van der Waals surface area contributed by atoms with E-state index in [1.807, 2.05) is 0 Å². The Morgan fingerprint density at radius 3 is 2.00 bits per heavy atom. The van der Waals surface area contributed by atoms with Gasteiger partial charge in [-0.25, -0.2) is 0 Å². The summed E-state index contributed by atoms with van der Waals surface area (Å²) in [7, 11) is 2.89. The van der Waals surface area contributed by atoms with Gasteiger partial charge in [-0.3, -0.25) is 9.59 Å². The van der Waals surface area contributed by atoms with Gasteiger partial charge in [-0.1, -0.05) is 24.3 Å². The Bertz CT molecular complexity index is 743. The summed E-state index contributed by atoms with van der Waals surface area (Å²) in [6, 6.07) is 10.9. The Kier molecular flexibility index (Phi) is 3.22. The molecule has 5 nitrogen and oxygen atoms in total. The Morgan fingerprint density at radius 1 is 0.909 bits per heavy atom. The summed E-state index contributed by atoms with van der Waals surface area (Å²) >= 11 is 0. The lowest BCUT2D eigenvalue weighted by Crippen LogP contribution is -2.38. The second-order valence-corrected chi connectivity index (χ2v) is 4.98. The van der Waals surface area contributed by atoms with E-state index >= 15 is 0 Å². The molecule has 1 N–H and O–H groups in total. The highest BCUT2D eigenvalue weighted by Crippen LogP contribution is 2.42. The quantitative estimate of drug-likeness (QED) is 0.877. The van der Waals surface area contributed by atoms with Crippen molar-refractivity contribution in [2.75, 3.05) is 14.2 Å². The van der Waals surface area contributed by atoms with E-state index in [0.29, 0.717) is 5.75 Å². The van der Waals surface area contributed by atoms with Gasteiger partial charge in [0.1, 0.15) is 11.5 Å². The molecule has 0 aliphatic heterocycles. The number of carbonyl (C=O) groups excluding carboxylic acids is 2. The van der Waals surface area contributed by atoms with Crippen LogP contribution < -0.4 is 9.47 Å².